The van der Waals surface area contributed by atoms with Gasteiger partial charge in [0.05, 0.1) is 12.7 Å². The Morgan fingerprint density at radius 2 is 2.12 bits per heavy atom. The van der Waals surface area contributed by atoms with Crippen molar-refractivity contribution in [2.75, 3.05) is 46.4 Å². The number of alkyl halides is 1. The standard InChI is InChI=1S/C12H23ClN2O/c1-10-3-4-15(9-12(10)13)8-11-7-14(2)5-6-16-11/h10-12H,3-9H2,1-2H3. The minimum Gasteiger partial charge on any atom is -0.374 e. The number of hydrogen-bond donors (Lipinski definition) is 0. The minimum atomic E-state index is 0.315. The molecule has 3 nitrogen and oxygen atoms in total. The molecule has 3 atom stereocenters. The van der Waals surface area contributed by atoms with Crippen molar-refractivity contribution in [2.45, 2.75) is 24.8 Å². The summed E-state index contributed by atoms with van der Waals surface area (Å²) in [5, 5.41) is 0.315. The van der Waals surface area contributed by atoms with Gasteiger partial charge in [0.1, 0.15) is 0 Å². The predicted octanol–water partition coefficient (Wildman–Crippen LogP) is 1.27. The van der Waals surface area contributed by atoms with Crippen LogP contribution in [0.1, 0.15) is 13.3 Å². The van der Waals surface area contributed by atoms with E-state index in [1.165, 1.54) is 13.0 Å². The second-order valence-corrected chi connectivity index (χ2v) is 5.86. The molecule has 0 amide bonds. The zero-order chi connectivity index (χ0) is 11.5. The minimum absolute atomic E-state index is 0.315. The van der Waals surface area contributed by atoms with E-state index >= 15 is 0 Å². The number of rotatable bonds is 2. The summed E-state index contributed by atoms with van der Waals surface area (Å²) in [6.07, 6.45) is 1.59. The number of nitrogens with zero attached hydrogens (tertiary/aromatic N) is 2. The van der Waals surface area contributed by atoms with Crippen LogP contribution in [0.4, 0.5) is 0 Å². The average Bonchev–Trinajstić information content (AvgIpc) is 2.24. The average molecular weight is 247 g/mol. The van der Waals surface area contributed by atoms with Crippen LogP contribution >= 0.6 is 11.6 Å². The van der Waals surface area contributed by atoms with Crippen LogP contribution in [0.15, 0.2) is 0 Å². The number of ether oxygens (including phenoxy) is 1. The first-order chi connectivity index (χ1) is 7.65. The maximum atomic E-state index is 6.32. The van der Waals surface area contributed by atoms with Gasteiger partial charge in [-0.1, -0.05) is 6.92 Å². The molecule has 0 radical (unpaired) electrons. The Morgan fingerprint density at radius 3 is 2.81 bits per heavy atom. The number of likely N-dealkylation sites (tertiary alicyclic amines) is 1. The van der Waals surface area contributed by atoms with Crippen LogP contribution in [0.5, 0.6) is 0 Å². The van der Waals surface area contributed by atoms with Gasteiger partial charge in [0.25, 0.3) is 0 Å². The van der Waals surface area contributed by atoms with Crippen molar-refractivity contribution in [3.05, 3.63) is 0 Å². The molecule has 0 spiro atoms. The third-order valence-electron chi connectivity index (χ3n) is 3.75. The smallest absolute Gasteiger partial charge is 0.0829 e. The van der Waals surface area contributed by atoms with Gasteiger partial charge >= 0.3 is 0 Å². The zero-order valence-electron chi connectivity index (χ0n) is 10.4. The van der Waals surface area contributed by atoms with E-state index in [1.807, 2.05) is 0 Å². The van der Waals surface area contributed by atoms with Crippen molar-refractivity contribution in [3.63, 3.8) is 0 Å². The number of likely N-dealkylation sites (N-methyl/N-ethyl adjacent to an activating group) is 1. The van der Waals surface area contributed by atoms with Crippen LogP contribution in [-0.4, -0.2) is 67.7 Å². The molecule has 0 N–H and O–H groups in total. The molecule has 2 rings (SSSR count). The Morgan fingerprint density at radius 1 is 1.31 bits per heavy atom. The van der Waals surface area contributed by atoms with E-state index in [2.05, 4.69) is 23.8 Å². The second-order valence-electron chi connectivity index (χ2n) is 5.30. The van der Waals surface area contributed by atoms with Crippen molar-refractivity contribution in [3.8, 4) is 0 Å². The van der Waals surface area contributed by atoms with Gasteiger partial charge in [-0.05, 0) is 25.9 Å². The molecule has 0 saturated carbocycles. The van der Waals surface area contributed by atoms with Gasteiger partial charge in [0.2, 0.25) is 0 Å². The van der Waals surface area contributed by atoms with E-state index in [0.29, 0.717) is 17.4 Å². The van der Waals surface area contributed by atoms with Gasteiger partial charge in [-0.2, -0.15) is 0 Å². The van der Waals surface area contributed by atoms with Gasteiger partial charge in [-0.3, -0.25) is 4.90 Å². The van der Waals surface area contributed by atoms with E-state index in [0.717, 1.165) is 32.8 Å². The second kappa shape index (κ2) is 5.67. The molecular formula is C12H23ClN2O. The van der Waals surface area contributed by atoms with Crippen molar-refractivity contribution in [1.29, 1.82) is 0 Å². The highest BCUT2D eigenvalue weighted by molar-refractivity contribution is 6.21. The van der Waals surface area contributed by atoms with Crippen LogP contribution in [0, 0.1) is 5.92 Å². The molecule has 2 fully saturated rings. The van der Waals surface area contributed by atoms with Gasteiger partial charge in [-0.15, -0.1) is 11.6 Å². The topological polar surface area (TPSA) is 15.7 Å². The van der Waals surface area contributed by atoms with E-state index in [-0.39, 0.29) is 0 Å². The summed E-state index contributed by atoms with van der Waals surface area (Å²) in [5.74, 6) is 0.660. The Kier molecular flexibility index (Phi) is 4.48. The lowest BCUT2D eigenvalue weighted by Crippen LogP contribution is -2.49. The highest BCUT2D eigenvalue weighted by Gasteiger charge is 2.27. The van der Waals surface area contributed by atoms with Gasteiger partial charge < -0.3 is 9.64 Å². The quantitative estimate of drug-likeness (QED) is 0.683. The molecule has 16 heavy (non-hydrogen) atoms. The molecule has 3 unspecified atom stereocenters. The van der Waals surface area contributed by atoms with Crippen LogP contribution < -0.4 is 0 Å². The molecule has 0 aromatic heterocycles. The summed E-state index contributed by atoms with van der Waals surface area (Å²) in [7, 11) is 2.16. The third kappa shape index (κ3) is 3.33. The fraction of sp³-hybridized carbons (Fsp3) is 1.00. The Hall–Kier alpha value is 0.170. The Balaban J connectivity index is 1.76. The number of halogens is 1. The number of morpholine rings is 1. The monoisotopic (exact) mass is 246 g/mol. The van der Waals surface area contributed by atoms with Gasteiger partial charge in [0, 0.05) is 31.6 Å². The molecular weight excluding hydrogens is 224 g/mol. The molecule has 0 bridgehead atoms. The van der Waals surface area contributed by atoms with E-state index in [4.69, 9.17) is 16.3 Å². The van der Waals surface area contributed by atoms with Gasteiger partial charge in [-0.25, -0.2) is 0 Å². The number of hydrogen-bond acceptors (Lipinski definition) is 3. The zero-order valence-corrected chi connectivity index (χ0v) is 11.1. The largest absolute Gasteiger partial charge is 0.374 e. The van der Waals surface area contributed by atoms with E-state index < -0.39 is 0 Å². The Bertz CT molecular complexity index is 227. The van der Waals surface area contributed by atoms with Gasteiger partial charge in [0.15, 0.2) is 0 Å². The maximum absolute atomic E-state index is 6.32. The molecule has 94 valence electrons. The lowest BCUT2D eigenvalue weighted by molar-refractivity contribution is -0.0387. The normalized spacial score (nSPS) is 38.8. The summed E-state index contributed by atoms with van der Waals surface area (Å²) in [5.41, 5.74) is 0. The maximum Gasteiger partial charge on any atom is 0.0829 e. The first-order valence-corrected chi connectivity index (χ1v) is 6.75. The van der Waals surface area contributed by atoms with E-state index in [1.54, 1.807) is 0 Å². The van der Waals surface area contributed by atoms with E-state index in [9.17, 15) is 0 Å². The first kappa shape index (κ1) is 12.6. The van der Waals surface area contributed by atoms with Crippen molar-refractivity contribution in [1.82, 2.24) is 9.80 Å². The van der Waals surface area contributed by atoms with Crippen LogP contribution in [0.25, 0.3) is 0 Å². The predicted molar refractivity (Wildman–Crippen MR) is 67.1 cm³/mol. The van der Waals surface area contributed by atoms with Crippen molar-refractivity contribution >= 4 is 11.6 Å². The fourth-order valence-electron chi connectivity index (χ4n) is 2.52. The third-order valence-corrected chi connectivity index (χ3v) is 4.32. The fourth-order valence-corrected chi connectivity index (χ4v) is 2.84. The molecule has 2 aliphatic heterocycles. The molecule has 0 aromatic carbocycles. The molecule has 4 heteroatoms. The molecule has 0 aromatic rings. The first-order valence-electron chi connectivity index (χ1n) is 6.31. The van der Waals surface area contributed by atoms with Crippen molar-refractivity contribution in [2.24, 2.45) is 5.92 Å². The number of piperidine rings is 1. The molecule has 0 aliphatic carbocycles. The molecule has 2 saturated heterocycles. The lowest BCUT2D eigenvalue weighted by atomic mass is 9.98. The van der Waals surface area contributed by atoms with Crippen molar-refractivity contribution < 1.29 is 4.74 Å². The summed E-state index contributed by atoms with van der Waals surface area (Å²) >= 11 is 6.32. The molecule has 2 aliphatic rings. The summed E-state index contributed by atoms with van der Waals surface area (Å²) in [4.78, 5) is 4.81. The summed E-state index contributed by atoms with van der Waals surface area (Å²) in [6, 6.07) is 0. The Labute approximate surface area is 104 Å². The SMILES string of the molecule is CC1CCN(CC2CN(C)CCO2)CC1Cl. The summed E-state index contributed by atoms with van der Waals surface area (Å²) < 4.78 is 5.79. The van der Waals surface area contributed by atoms with Crippen LogP contribution in [0.3, 0.4) is 0 Å². The lowest BCUT2D eigenvalue weighted by Gasteiger charge is -2.38. The molecule has 2 heterocycles. The highest BCUT2D eigenvalue weighted by atomic mass is 35.5. The summed E-state index contributed by atoms with van der Waals surface area (Å²) in [6.45, 7) is 8.47. The van der Waals surface area contributed by atoms with Crippen LogP contribution in [0.2, 0.25) is 0 Å². The highest BCUT2D eigenvalue weighted by Crippen LogP contribution is 2.22. The van der Waals surface area contributed by atoms with Crippen LogP contribution in [-0.2, 0) is 4.74 Å².